The Labute approximate surface area is 198 Å². The number of carbonyl (C=O) groups excluding carboxylic acids is 2. The molecule has 1 aromatic rings. The summed E-state index contributed by atoms with van der Waals surface area (Å²) in [4.78, 5) is 30.0. The molecule has 0 radical (unpaired) electrons. The van der Waals surface area contributed by atoms with Crippen molar-refractivity contribution in [3.63, 3.8) is 0 Å². The molecule has 2 N–H and O–H groups in total. The molecule has 1 saturated heterocycles. The number of rotatable bonds is 8. The summed E-state index contributed by atoms with van der Waals surface area (Å²) in [5.74, 6) is 0.402. The molecule has 186 valence electrons. The lowest BCUT2D eigenvalue weighted by molar-refractivity contribution is 0.0182. The van der Waals surface area contributed by atoms with Gasteiger partial charge < -0.3 is 29.7 Å². The van der Waals surface area contributed by atoms with Crippen molar-refractivity contribution in [2.45, 2.75) is 78.0 Å². The number of benzene rings is 1. The topological polar surface area (TPSA) is 94.3 Å². The van der Waals surface area contributed by atoms with Crippen molar-refractivity contribution in [3.05, 3.63) is 23.8 Å². The first-order chi connectivity index (χ1) is 15.5. The fourth-order valence-corrected chi connectivity index (χ4v) is 3.99. The Balaban J connectivity index is 2.20. The van der Waals surface area contributed by atoms with Crippen LogP contribution in [0.2, 0.25) is 0 Å². The predicted octanol–water partition coefficient (Wildman–Crippen LogP) is 4.32. The Hall–Kier alpha value is -2.48. The average molecular weight is 464 g/mol. The number of carbonyl (C=O) groups is 2. The fourth-order valence-electron chi connectivity index (χ4n) is 3.99. The Morgan fingerprint density at radius 2 is 1.94 bits per heavy atom. The maximum atomic E-state index is 13.6. The molecular weight excluding hydrogens is 422 g/mol. The van der Waals surface area contributed by atoms with Crippen molar-refractivity contribution in [2.75, 3.05) is 39.1 Å². The molecule has 0 aromatic heterocycles. The highest BCUT2D eigenvalue weighted by atomic mass is 16.6. The number of amides is 2. The van der Waals surface area contributed by atoms with Crippen LogP contribution in [0.25, 0.3) is 0 Å². The van der Waals surface area contributed by atoms with Gasteiger partial charge in [0.2, 0.25) is 0 Å². The van der Waals surface area contributed by atoms with Crippen molar-refractivity contribution in [1.82, 2.24) is 9.80 Å². The predicted molar refractivity (Wildman–Crippen MR) is 130 cm³/mol. The van der Waals surface area contributed by atoms with Gasteiger partial charge >= 0.3 is 6.09 Å². The smallest absolute Gasteiger partial charge is 0.410 e. The number of hydrogen-bond acceptors (Lipinski definition) is 6. The summed E-state index contributed by atoms with van der Waals surface area (Å²) in [6, 6.07) is 5.01. The standard InChI is InChI=1S/C25H41N3O5/c1-18(2)28(20-10-7-8-13-27(17-20)24(30)33-25(3,4)5)23(29)19-11-12-21(26)22(16-19)32-15-9-14-31-6/h11-12,16,18,20H,7-10,13-15,17,26H2,1-6H3. The molecule has 0 spiro atoms. The zero-order valence-corrected chi connectivity index (χ0v) is 21.1. The van der Waals surface area contributed by atoms with Gasteiger partial charge in [0, 0.05) is 44.8 Å². The Morgan fingerprint density at radius 1 is 1.21 bits per heavy atom. The van der Waals surface area contributed by atoms with E-state index in [1.165, 1.54) is 0 Å². The molecule has 1 atom stereocenters. The monoisotopic (exact) mass is 463 g/mol. The summed E-state index contributed by atoms with van der Waals surface area (Å²) >= 11 is 0. The van der Waals surface area contributed by atoms with Crippen LogP contribution in [0.5, 0.6) is 5.75 Å². The molecule has 2 rings (SSSR count). The molecule has 1 unspecified atom stereocenters. The molecule has 0 bridgehead atoms. The number of nitrogens with zero attached hydrogens (tertiary/aromatic N) is 2. The zero-order chi connectivity index (χ0) is 24.6. The molecular formula is C25H41N3O5. The average Bonchev–Trinajstić information content (AvgIpc) is 2.97. The van der Waals surface area contributed by atoms with Crippen LogP contribution in [0.15, 0.2) is 18.2 Å². The van der Waals surface area contributed by atoms with Crippen molar-refractivity contribution in [3.8, 4) is 5.75 Å². The van der Waals surface area contributed by atoms with Gasteiger partial charge in [-0.25, -0.2) is 4.79 Å². The van der Waals surface area contributed by atoms with Crippen LogP contribution in [-0.2, 0) is 9.47 Å². The highest BCUT2D eigenvalue weighted by Crippen LogP contribution is 2.27. The van der Waals surface area contributed by atoms with Crippen LogP contribution in [0.3, 0.4) is 0 Å². The maximum Gasteiger partial charge on any atom is 0.410 e. The minimum absolute atomic E-state index is 0.0373. The second-order valence-corrected chi connectivity index (χ2v) is 9.83. The van der Waals surface area contributed by atoms with E-state index in [4.69, 9.17) is 19.9 Å². The highest BCUT2D eigenvalue weighted by Gasteiger charge is 2.33. The summed E-state index contributed by atoms with van der Waals surface area (Å²) in [5, 5.41) is 0. The number of likely N-dealkylation sites (tertiary alicyclic amines) is 1. The number of methoxy groups -OCH3 is 1. The second-order valence-electron chi connectivity index (χ2n) is 9.83. The molecule has 33 heavy (non-hydrogen) atoms. The molecule has 1 aliphatic heterocycles. The first-order valence-corrected chi connectivity index (χ1v) is 11.9. The van der Waals surface area contributed by atoms with Crippen LogP contribution in [0.4, 0.5) is 10.5 Å². The van der Waals surface area contributed by atoms with E-state index in [9.17, 15) is 9.59 Å². The molecule has 0 saturated carbocycles. The lowest BCUT2D eigenvalue weighted by Gasteiger charge is -2.37. The fraction of sp³-hybridized carbons (Fsp3) is 0.680. The normalized spacial score (nSPS) is 16.9. The molecule has 0 aliphatic carbocycles. The van der Waals surface area contributed by atoms with Crippen LogP contribution >= 0.6 is 0 Å². The van der Waals surface area contributed by atoms with Gasteiger partial charge in [0.05, 0.1) is 18.3 Å². The summed E-state index contributed by atoms with van der Waals surface area (Å²) in [6.45, 7) is 11.7. The zero-order valence-electron chi connectivity index (χ0n) is 21.1. The van der Waals surface area contributed by atoms with E-state index in [1.54, 1.807) is 30.2 Å². The van der Waals surface area contributed by atoms with E-state index in [-0.39, 0.29) is 24.1 Å². The van der Waals surface area contributed by atoms with Crippen molar-refractivity contribution >= 4 is 17.7 Å². The summed E-state index contributed by atoms with van der Waals surface area (Å²) in [6.07, 6.45) is 3.06. The number of nitrogens with two attached hydrogens (primary N) is 1. The third-order valence-corrected chi connectivity index (χ3v) is 5.49. The van der Waals surface area contributed by atoms with E-state index >= 15 is 0 Å². The first-order valence-electron chi connectivity index (χ1n) is 11.9. The summed E-state index contributed by atoms with van der Waals surface area (Å²) in [7, 11) is 1.64. The Morgan fingerprint density at radius 3 is 2.58 bits per heavy atom. The first kappa shape index (κ1) is 26.8. The van der Waals surface area contributed by atoms with E-state index in [2.05, 4.69) is 0 Å². The number of anilines is 1. The SMILES string of the molecule is COCCCOc1cc(C(=O)N(C(C)C)C2CCCCN(C(=O)OC(C)(C)C)C2)ccc1N. The van der Waals surface area contributed by atoms with Crippen molar-refractivity contribution in [2.24, 2.45) is 0 Å². The largest absolute Gasteiger partial charge is 0.491 e. The molecule has 1 aromatic carbocycles. The molecule has 8 heteroatoms. The number of nitrogen functional groups attached to an aromatic ring is 1. The number of ether oxygens (including phenoxy) is 3. The number of hydrogen-bond donors (Lipinski definition) is 1. The molecule has 1 aliphatic rings. The molecule has 1 heterocycles. The van der Waals surface area contributed by atoms with E-state index in [0.717, 1.165) is 25.7 Å². The van der Waals surface area contributed by atoms with E-state index < -0.39 is 5.60 Å². The third-order valence-electron chi connectivity index (χ3n) is 5.49. The van der Waals surface area contributed by atoms with Crippen molar-refractivity contribution < 1.29 is 23.8 Å². The molecule has 8 nitrogen and oxygen atoms in total. The van der Waals surface area contributed by atoms with Gasteiger partial charge in [-0.2, -0.15) is 0 Å². The van der Waals surface area contributed by atoms with Gasteiger partial charge in [0.25, 0.3) is 5.91 Å². The van der Waals surface area contributed by atoms with Gasteiger partial charge in [0.15, 0.2) is 0 Å². The lowest BCUT2D eigenvalue weighted by atomic mass is 10.0. The van der Waals surface area contributed by atoms with Crippen LogP contribution in [-0.4, -0.2) is 72.9 Å². The minimum Gasteiger partial charge on any atom is -0.491 e. The van der Waals surface area contributed by atoms with Gasteiger partial charge in [-0.3, -0.25) is 4.79 Å². The highest BCUT2D eigenvalue weighted by molar-refractivity contribution is 5.95. The van der Waals surface area contributed by atoms with Crippen LogP contribution in [0.1, 0.15) is 70.7 Å². The van der Waals surface area contributed by atoms with Gasteiger partial charge in [-0.1, -0.05) is 0 Å². The minimum atomic E-state index is -0.559. The van der Waals surface area contributed by atoms with Crippen LogP contribution < -0.4 is 10.5 Å². The van der Waals surface area contributed by atoms with E-state index in [0.29, 0.717) is 43.3 Å². The van der Waals surface area contributed by atoms with Gasteiger partial charge in [-0.05, 0) is 72.1 Å². The quantitative estimate of drug-likeness (QED) is 0.456. The van der Waals surface area contributed by atoms with Gasteiger partial charge in [0.1, 0.15) is 11.4 Å². The van der Waals surface area contributed by atoms with Crippen molar-refractivity contribution in [1.29, 1.82) is 0 Å². The Kier molecular flexibility index (Phi) is 9.83. The molecule has 1 fully saturated rings. The maximum absolute atomic E-state index is 13.6. The summed E-state index contributed by atoms with van der Waals surface area (Å²) < 4.78 is 16.4. The van der Waals surface area contributed by atoms with E-state index in [1.807, 2.05) is 39.5 Å². The lowest BCUT2D eigenvalue weighted by Crippen LogP contribution is -2.51. The third kappa shape index (κ3) is 8.11. The molecule has 2 amide bonds. The summed E-state index contributed by atoms with van der Waals surface area (Å²) in [5.41, 5.74) is 6.52. The second kappa shape index (κ2) is 12.1. The van der Waals surface area contributed by atoms with Crippen LogP contribution in [0, 0.1) is 0 Å². The van der Waals surface area contributed by atoms with Gasteiger partial charge in [-0.15, -0.1) is 0 Å². The Bertz CT molecular complexity index is 791.